The summed E-state index contributed by atoms with van der Waals surface area (Å²) in [5.41, 5.74) is 1.02. The van der Waals surface area contributed by atoms with Crippen LogP contribution in [0.1, 0.15) is 41.6 Å². The number of allylic oxidation sites excluding steroid dienone is 1. The number of fused-ring (bicyclic) bond motifs is 1. The summed E-state index contributed by atoms with van der Waals surface area (Å²) in [5.74, 6) is -1.47. The highest BCUT2D eigenvalue weighted by Gasteiger charge is 2.53. The predicted molar refractivity (Wildman–Crippen MR) is 166 cm³/mol. The third-order valence-corrected chi connectivity index (χ3v) is 8.34. The summed E-state index contributed by atoms with van der Waals surface area (Å²) in [4.78, 5) is 26.3. The Morgan fingerprint density at radius 1 is 1.12 bits per heavy atom. The summed E-state index contributed by atoms with van der Waals surface area (Å²) in [7, 11) is 0. The Balaban J connectivity index is 1.32. The zero-order valence-corrected chi connectivity index (χ0v) is 25.0. The van der Waals surface area contributed by atoms with Crippen LogP contribution in [0.5, 0.6) is 0 Å². The fourth-order valence-corrected chi connectivity index (χ4v) is 5.62. The number of aromatic nitrogens is 3. The van der Waals surface area contributed by atoms with Crippen LogP contribution in [0.4, 0.5) is 11.4 Å². The van der Waals surface area contributed by atoms with E-state index in [2.05, 4.69) is 32.9 Å². The van der Waals surface area contributed by atoms with Crippen LogP contribution in [0.15, 0.2) is 91.1 Å². The highest BCUT2D eigenvalue weighted by Crippen LogP contribution is 2.47. The van der Waals surface area contributed by atoms with Gasteiger partial charge in [0.2, 0.25) is 0 Å². The lowest BCUT2D eigenvalue weighted by Gasteiger charge is -2.27. The highest BCUT2D eigenvalue weighted by molar-refractivity contribution is 14.1. The van der Waals surface area contributed by atoms with Crippen LogP contribution >= 0.6 is 22.6 Å². The van der Waals surface area contributed by atoms with Gasteiger partial charge in [-0.25, -0.2) is 0 Å². The molecule has 0 bridgehead atoms. The van der Waals surface area contributed by atoms with E-state index in [1.807, 2.05) is 60.7 Å². The molecule has 1 amide bonds. The maximum atomic E-state index is 13.8. The lowest BCUT2D eigenvalue weighted by molar-refractivity contribution is -0.385. The third-order valence-electron chi connectivity index (χ3n) is 7.62. The summed E-state index contributed by atoms with van der Waals surface area (Å²) >= 11 is 2.21. The molecular weight excluding hydrogens is 649 g/mol. The van der Waals surface area contributed by atoms with Crippen LogP contribution in [-0.2, 0) is 23.5 Å². The number of aliphatic hydroxyl groups is 2. The molecule has 5 rings (SSSR count). The number of aryl methyl sites for hydroxylation is 1. The molecule has 3 atom stereocenters. The molecule has 11 heteroatoms. The molecule has 2 heterocycles. The number of nitro groups is 1. The van der Waals surface area contributed by atoms with E-state index in [1.165, 1.54) is 23.1 Å². The van der Waals surface area contributed by atoms with Gasteiger partial charge in [-0.15, -0.1) is 5.10 Å². The molecule has 1 aliphatic rings. The molecule has 10 nitrogen and oxygen atoms in total. The van der Waals surface area contributed by atoms with Crippen LogP contribution in [0.25, 0.3) is 0 Å². The van der Waals surface area contributed by atoms with Gasteiger partial charge in [0.15, 0.2) is 5.60 Å². The number of non-ortho nitro benzene ring substituents is 1. The largest absolute Gasteiger partial charge is 0.395 e. The zero-order chi connectivity index (χ0) is 29.9. The molecule has 42 heavy (non-hydrogen) atoms. The van der Waals surface area contributed by atoms with E-state index >= 15 is 0 Å². The first-order chi connectivity index (χ1) is 20.2. The zero-order valence-electron chi connectivity index (χ0n) is 22.9. The summed E-state index contributed by atoms with van der Waals surface area (Å²) in [6.45, 7) is 2.36. The van der Waals surface area contributed by atoms with Gasteiger partial charge >= 0.3 is 0 Å². The summed E-state index contributed by atoms with van der Waals surface area (Å²) in [6, 6.07) is 21.5. The van der Waals surface area contributed by atoms with Crippen molar-refractivity contribution in [2.45, 2.75) is 38.0 Å². The molecule has 0 fully saturated rings. The Hall–Kier alpha value is -3.94. The number of benzene rings is 3. The number of carbonyl (C=O) groups excluding carboxylic acids is 1. The molecule has 4 aromatic rings. The first-order valence-corrected chi connectivity index (χ1v) is 14.6. The van der Waals surface area contributed by atoms with E-state index in [0.29, 0.717) is 24.3 Å². The number of carbonyl (C=O) groups is 1. The van der Waals surface area contributed by atoms with Gasteiger partial charge in [-0.3, -0.25) is 19.6 Å². The van der Waals surface area contributed by atoms with Crippen molar-refractivity contribution in [3.05, 3.63) is 127 Å². The fraction of sp³-hybridized carbons (Fsp3) is 0.258. The normalized spacial score (nSPS) is 17.9. The molecule has 0 saturated heterocycles. The minimum atomic E-state index is -1.97. The molecule has 1 aromatic heterocycles. The van der Waals surface area contributed by atoms with Crippen molar-refractivity contribution >= 4 is 39.9 Å². The number of hydrogen-bond acceptors (Lipinski definition) is 7. The van der Waals surface area contributed by atoms with Crippen molar-refractivity contribution in [1.82, 2.24) is 15.0 Å². The number of nitro benzene ring substituents is 1. The quantitative estimate of drug-likeness (QED) is 0.0994. The summed E-state index contributed by atoms with van der Waals surface area (Å²) in [5, 5.41) is 41.8. The van der Waals surface area contributed by atoms with E-state index < -0.39 is 22.3 Å². The molecule has 0 spiro atoms. The molecule has 3 aromatic carbocycles. The monoisotopic (exact) mass is 679 g/mol. The lowest BCUT2D eigenvalue weighted by atomic mass is 9.82. The van der Waals surface area contributed by atoms with Gasteiger partial charge < -0.3 is 15.1 Å². The first kappa shape index (κ1) is 29.5. The molecule has 2 N–H and O–H groups in total. The molecule has 1 aliphatic heterocycles. The van der Waals surface area contributed by atoms with Crippen LogP contribution in [-0.4, -0.2) is 42.6 Å². The third kappa shape index (κ3) is 5.85. The molecule has 0 saturated carbocycles. The second-order valence-electron chi connectivity index (χ2n) is 10.3. The topological polar surface area (TPSA) is 135 Å². The predicted octanol–water partition coefficient (Wildman–Crippen LogP) is 4.93. The Kier molecular flexibility index (Phi) is 8.80. The van der Waals surface area contributed by atoms with E-state index in [-0.39, 0.29) is 30.3 Å². The number of halogens is 1. The van der Waals surface area contributed by atoms with Gasteiger partial charge in [-0.2, -0.15) is 0 Å². The minimum absolute atomic E-state index is 0.0903. The highest BCUT2D eigenvalue weighted by atomic mass is 127. The maximum Gasteiger partial charge on any atom is 0.269 e. The van der Waals surface area contributed by atoms with E-state index in [0.717, 1.165) is 14.7 Å². The van der Waals surface area contributed by atoms with Crippen molar-refractivity contribution in [3.63, 3.8) is 0 Å². The van der Waals surface area contributed by atoms with E-state index in [1.54, 1.807) is 23.9 Å². The van der Waals surface area contributed by atoms with Crippen molar-refractivity contribution in [2.24, 2.45) is 5.92 Å². The number of hydrogen-bond donors (Lipinski definition) is 2. The van der Waals surface area contributed by atoms with Crippen LogP contribution in [0.3, 0.4) is 0 Å². The molecule has 1 unspecified atom stereocenters. The minimum Gasteiger partial charge on any atom is -0.395 e. The number of amides is 1. The van der Waals surface area contributed by atoms with Gasteiger partial charge in [0, 0.05) is 39.9 Å². The fourth-order valence-electron chi connectivity index (χ4n) is 5.26. The van der Waals surface area contributed by atoms with Gasteiger partial charge in [0.05, 0.1) is 35.4 Å². The Labute approximate surface area is 256 Å². The Morgan fingerprint density at radius 2 is 1.86 bits per heavy atom. The molecule has 0 radical (unpaired) electrons. The summed E-state index contributed by atoms with van der Waals surface area (Å²) in [6.07, 6.45) is 5.96. The van der Waals surface area contributed by atoms with Crippen LogP contribution < -0.4 is 4.90 Å². The van der Waals surface area contributed by atoms with Gasteiger partial charge in [-0.05, 0) is 58.3 Å². The molecular formula is C31H30IN5O5. The van der Waals surface area contributed by atoms with Crippen LogP contribution in [0, 0.1) is 19.6 Å². The van der Waals surface area contributed by atoms with Crippen molar-refractivity contribution in [1.29, 1.82) is 0 Å². The van der Waals surface area contributed by atoms with Crippen LogP contribution in [0.2, 0.25) is 0 Å². The van der Waals surface area contributed by atoms with Crippen molar-refractivity contribution < 1.29 is 19.9 Å². The average Bonchev–Trinajstić information content (AvgIpc) is 3.54. The van der Waals surface area contributed by atoms with Gasteiger partial charge in [-0.1, -0.05) is 66.8 Å². The van der Waals surface area contributed by atoms with E-state index in [9.17, 15) is 25.1 Å². The second kappa shape index (κ2) is 12.5. The van der Waals surface area contributed by atoms with E-state index in [4.69, 9.17) is 0 Å². The lowest BCUT2D eigenvalue weighted by Crippen LogP contribution is -2.44. The smallest absolute Gasteiger partial charge is 0.269 e. The molecule has 0 aliphatic carbocycles. The molecule has 216 valence electrons. The number of rotatable bonds is 11. The maximum absolute atomic E-state index is 13.8. The number of aliphatic hydroxyl groups excluding tert-OH is 1. The summed E-state index contributed by atoms with van der Waals surface area (Å²) < 4.78 is 2.74. The van der Waals surface area contributed by atoms with Crippen molar-refractivity contribution in [2.75, 3.05) is 11.5 Å². The SMILES string of the molecule is C[C@H](/C=C/CCn1cc(C(CO)c2ccccc2)nn1)[C@@]1(O)C(=O)N(Cc2ccc(I)cc2)c2ccc([N+](=O)[O-])cc21. The standard InChI is InChI=1S/C31H30IN5O5/c1-21(7-5-6-16-35-19-28(33-34-35)26(20-38)23-8-3-2-4-9-23)31(40)27-17-25(37(41)42)14-15-29(27)36(30(31)39)18-22-10-12-24(32)13-11-22/h2-5,7-15,17,19,21,26,38,40H,6,16,18,20H2,1H3/b7-5+/t21-,26?,31+/m1/s1. The Morgan fingerprint density at radius 3 is 2.55 bits per heavy atom. The second-order valence-corrected chi connectivity index (χ2v) is 11.5. The Bertz CT molecular complexity index is 1610. The van der Waals surface area contributed by atoms with Gasteiger partial charge in [0.25, 0.3) is 11.6 Å². The average molecular weight is 680 g/mol. The number of nitrogens with zero attached hydrogens (tertiary/aromatic N) is 5. The first-order valence-electron chi connectivity index (χ1n) is 13.5. The van der Waals surface area contributed by atoms with Gasteiger partial charge in [0.1, 0.15) is 0 Å². The van der Waals surface area contributed by atoms with Crippen molar-refractivity contribution in [3.8, 4) is 0 Å². The number of anilines is 1.